The van der Waals surface area contributed by atoms with Gasteiger partial charge in [0.15, 0.2) is 11.5 Å². The minimum absolute atomic E-state index is 0.117. The fourth-order valence-corrected chi connectivity index (χ4v) is 6.05. The van der Waals surface area contributed by atoms with Gasteiger partial charge in [-0.25, -0.2) is 0 Å². The van der Waals surface area contributed by atoms with Gasteiger partial charge in [0.2, 0.25) is 0 Å². The van der Waals surface area contributed by atoms with Gasteiger partial charge in [0.1, 0.15) is 6.61 Å². The summed E-state index contributed by atoms with van der Waals surface area (Å²) in [7, 11) is 1.68. The van der Waals surface area contributed by atoms with E-state index in [1.54, 1.807) is 7.11 Å². The van der Waals surface area contributed by atoms with Gasteiger partial charge in [-0.15, -0.1) is 0 Å². The van der Waals surface area contributed by atoms with Crippen LogP contribution >= 0.6 is 0 Å². The second-order valence-electron chi connectivity index (χ2n) is 11.5. The van der Waals surface area contributed by atoms with Crippen molar-refractivity contribution >= 4 is 21.8 Å². The Hall–Kier alpha value is -3.10. The Morgan fingerprint density at radius 2 is 1.63 bits per heavy atom. The third-order valence-electron chi connectivity index (χ3n) is 8.35. The number of para-hydroxylation sites is 2. The third kappa shape index (κ3) is 7.41. The Balaban J connectivity index is 1.23. The summed E-state index contributed by atoms with van der Waals surface area (Å²) >= 11 is 0. The van der Waals surface area contributed by atoms with Crippen LogP contribution in [0, 0.1) is 5.92 Å². The Labute approximate surface area is 243 Å². The zero-order chi connectivity index (χ0) is 28.6. The number of hydrogen-bond donors (Lipinski definition) is 2. The molecule has 1 saturated heterocycles. The molecule has 2 N–H and O–H groups in total. The maximum atomic E-state index is 11.3. The van der Waals surface area contributed by atoms with E-state index in [-0.39, 0.29) is 6.61 Å². The molecule has 41 heavy (non-hydrogen) atoms. The zero-order valence-electron chi connectivity index (χ0n) is 24.5. The molecular weight excluding hydrogens is 514 g/mol. The Morgan fingerprint density at radius 3 is 2.29 bits per heavy atom. The van der Waals surface area contributed by atoms with Crippen molar-refractivity contribution in [2.24, 2.45) is 5.92 Å². The van der Waals surface area contributed by atoms with Gasteiger partial charge in [-0.05, 0) is 68.1 Å². The molecule has 1 aliphatic rings. The number of benzene rings is 3. The van der Waals surface area contributed by atoms with Crippen LogP contribution in [0.15, 0.2) is 66.7 Å². The molecule has 220 valence electrons. The highest BCUT2D eigenvalue weighted by atomic mass is 16.5. The van der Waals surface area contributed by atoms with Crippen LogP contribution in [-0.2, 0) is 13.1 Å². The van der Waals surface area contributed by atoms with Gasteiger partial charge in [-0.3, -0.25) is 9.80 Å². The molecule has 0 radical (unpaired) electrons. The first-order valence-corrected chi connectivity index (χ1v) is 15.0. The van der Waals surface area contributed by atoms with Gasteiger partial charge >= 0.3 is 0 Å². The van der Waals surface area contributed by atoms with Crippen LogP contribution in [0.1, 0.15) is 31.7 Å². The van der Waals surface area contributed by atoms with E-state index in [0.717, 1.165) is 53.6 Å². The van der Waals surface area contributed by atoms with Crippen molar-refractivity contribution in [3.05, 3.63) is 72.3 Å². The van der Waals surface area contributed by atoms with Crippen molar-refractivity contribution in [3.63, 3.8) is 0 Å². The van der Waals surface area contributed by atoms with E-state index < -0.39 is 6.10 Å². The number of rotatable bonds is 14. The number of nitrogens with zero attached hydrogens (tertiary/aromatic N) is 3. The van der Waals surface area contributed by atoms with E-state index in [0.29, 0.717) is 39.2 Å². The molecule has 7 nitrogen and oxygen atoms in total. The monoisotopic (exact) mass is 559 g/mol. The van der Waals surface area contributed by atoms with Crippen molar-refractivity contribution in [1.29, 1.82) is 0 Å². The summed E-state index contributed by atoms with van der Waals surface area (Å²) in [6.45, 7) is 8.63. The van der Waals surface area contributed by atoms with Gasteiger partial charge in [0, 0.05) is 54.6 Å². The van der Waals surface area contributed by atoms with Crippen molar-refractivity contribution in [3.8, 4) is 11.5 Å². The lowest BCUT2D eigenvalue weighted by Gasteiger charge is -2.30. The molecule has 7 heteroatoms. The first kappa shape index (κ1) is 29.4. The van der Waals surface area contributed by atoms with Crippen molar-refractivity contribution in [2.75, 3.05) is 53.0 Å². The van der Waals surface area contributed by atoms with Gasteiger partial charge in [-0.2, -0.15) is 0 Å². The van der Waals surface area contributed by atoms with Gasteiger partial charge < -0.3 is 24.3 Å². The Bertz CT molecular complexity index is 1340. The number of likely N-dealkylation sites (tertiary alicyclic amines) is 1. The average molecular weight is 560 g/mol. The number of hydrogen-bond acceptors (Lipinski definition) is 6. The second kappa shape index (κ2) is 14.2. The minimum Gasteiger partial charge on any atom is -0.493 e. The molecule has 0 saturated carbocycles. The maximum Gasteiger partial charge on any atom is 0.161 e. The molecule has 1 aromatic heterocycles. The normalized spacial score (nSPS) is 15.6. The summed E-state index contributed by atoms with van der Waals surface area (Å²) in [6, 6.07) is 22.8. The molecule has 1 fully saturated rings. The molecule has 0 bridgehead atoms. The SMILES string of the molecule is COc1cc(CN(CCCO)CC(O)Cn2c3ccccc3c3ccccc32)ccc1OCCN1CCC(C)CC1. The number of ether oxygens (including phenoxy) is 2. The number of aliphatic hydroxyl groups is 2. The highest BCUT2D eigenvalue weighted by molar-refractivity contribution is 6.07. The van der Waals surface area contributed by atoms with Crippen LogP contribution in [0.2, 0.25) is 0 Å². The van der Waals surface area contributed by atoms with Crippen LogP contribution in [-0.4, -0.2) is 83.7 Å². The minimum atomic E-state index is -0.574. The van der Waals surface area contributed by atoms with Crippen molar-refractivity contribution in [2.45, 2.75) is 45.4 Å². The molecule has 1 aliphatic heterocycles. The van der Waals surface area contributed by atoms with Crippen molar-refractivity contribution in [1.82, 2.24) is 14.4 Å². The zero-order valence-corrected chi connectivity index (χ0v) is 24.5. The molecule has 4 aromatic rings. The van der Waals surface area contributed by atoms with Crippen LogP contribution < -0.4 is 9.47 Å². The lowest BCUT2D eigenvalue weighted by atomic mass is 9.99. The number of fused-ring (bicyclic) bond motifs is 3. The summed E-state index contributed by atoms with van der Waals surface area (Å²) in [5.74, 6) is 2.31. The number of aromatic nitrogens is 1. The smallest absolute Gasteiger partial charge is 0.161 e. The highest BCUT2D eigenvalue weighted by Crippen LogP contribution is 2.30. The molecule has 1 atom stereocenters. The molecule has 3 aromatic carbocycles. The van der Waals surface area contributed by atoms with E-state index in [2.05, 4.69) is 63.8 Å². The fourth-order valence-electron chi connectivity index (χ4n) is 6.05. The predicted molar refractivity (Wildman–Crippen MR) is 166 cm³/mol. The summed E-state index contributed by atoms with van der Waals surface area (Å²) in [4.78, 5) is 4.69. The molecule has 2 heterocycles. The summed E-state index contributed by atoms with van der Waals surface area (Å²) < 4.78 is 14.0. The average Bonchev–Trinajstić information content (AvgIpc) is 3.30. The lowest BCUT2D eigenvalue weighted by molar-refractivity contribution is 0.0921. The maximum absolute atomic E-state index is 11.3. The first-order valence-electron chi connectivity index (χ1n) is 15.0. The van der Waals surface area contributed by atoms with E-state index in [4.69, 9.17) is 9.47 Å². The third-order valence-corrected chi connectivity index (χ3v) is 8.35. The first-order chi connectivity index (χ1) is 20.1. The Morgan fingerprint density at radius 1 is 0.951 bits per heavy atom. The van der Waals surface area contributed by atoms with Crippen LogP contribution in [0.5, 0.6) is 11.5 Å². The van der Waals surface area contributed by atoms with Crippen LogP contribution in [0.25, 0.3) is 21.8 Å². The van der Waals surface area contributed by atoms with E-state index in [1.165, 1.54) is 23.6 Å². The molecule has 5 rings (SSSR count). The van der Waals surface area contributed by atoms with Gasteiger partial charge in [0.25, 0.3) is 0 Å². The predicted octanol–water partition coefficient (Wildman–Crippen LogP) is 5.16. The summed E-state index contributed by atoms with van der Waals surface area (Å²) in [5.41, 5.74) is 3.34. The molecule has 1 unspecified atom stereocenters. The Kier molecular flexibility index (Phi) is 10.2. The molecule has 0 spiro atoms. The highest BCUT2D eigenvalue weighted by Gasteiger charge is 2.18. The van der Waals surface area contributed by atoms with E-state index in [9.17, 15) is 10.2 Å². The topological polar surface area (TPSA) is 70.3 Å². The summed E-state index contributed by atoms with van der Waals surface area (Å²) in [5, 5.41) is 23.2. The van der Waals surface area contributed by atoms with E-state index in [1.807, 2.05) is 24.3 Å². The summed E-state index contributed by atoms with van der Waals surface area (Å²) in [6.07, 6.45) is 2.60. The molecule has 0 amide bonds. The van der Waals surface area contributed by atoms with E-state index >= 15 is 0 Å². The molecule has 0 aliphatic carbocycles. The number of piperidine rings is 1. The lowest BCUT2D eigenvalue weighted by Crippen LogP contribution is -2.35. The van der Waals surface area contributed by atoms with Gasteiger partial charge in [0.05, 0.1) is 19.8 Å². The fraction of sp³-hybridized carbons (Fsp3) is 0.471. The van der Waals surface area contributed by atoms with Crippen molar-refractivity contribution < 1.29 is 19.7 Å². The molecular formula is C34H45N3O4. The largest absolute Gasteiger partial charge is 0.493 e. The number of aliphatic hydroxyl groups excluding tert-OH is 2. The standard InChI is InChI=1S/C34H45N3O4/c1-26-14-17-35(18-15-26)19-21-41-33-13-12-27(22-34(33)40-2)23-36(16-7-20-38)24-28(39)25-37-31-10-5-3-8-29(31)30-9-4-6-11-32(30)37/h3-6,8-13,22,26,28,38-39H,7,14-21,23-25H2,1-2H3. The number of methoxy groups -OCH3 is 1. The van der Waals surface area contributed by atoms with Crippen LogP contribution in [0.3, 0.4) is 0 Å². The second-order valence-corrected chi connectivity index (χ2v) is 11.5. The quantitative estimate of drug-likeness (QED) is 0.223. The van der Waals surface area contributed by atoms with Crippen LogP contribution in [0.4, 0.5) is 0 Å². The van der Waals surface area contributed by atoms with Gasteiger partial charge in [-0.1, -0.05) is 49.4 Å².